The standard InChI is InChI=1S/C39H36N10O5S/c1-46-18-14-28(32-6-2-4-8-34(32)46)22-29-15-19-47(35-9-5-3-7-33(29)35)20-16-36(50)40-17-21-48-25-30(44-45-48)26-54-31-12-10-27(11-13-31)23-41-38(51)43-39-42-24-37(55-39)49(52)53/h2-15,18-19,22,24-25H,16-17,20-21,23,26H2,1H3,(H2-,40,41,42,43,50,51)/p+1. The number of carbonyl (C=O) groups excluding carboxylic acids is 2. The lowest BCUT2D eigenvalue weighted by molar-refractivity contribution is -0.644. The van der Waals surface area contributed by atoms with E-state index in [9.17, 15) is 19.7 Å². The van der Waals surface area contributed by atoms with Crippen LogP contribution in [0, 0.1) is 10.1 Å². The number of pyridine rings is 1. The van der Waals surface area contributed by atoms with Crippen molar-refractivity contribution >= 4 is 61.6 Å². The zero-order valence-corrected chi connectivity index (χ0v) is 30.6. The Morgan fingerprint density at radius 1 is 1.02 bits per heavy atom. The zero-order chi connectivity index (χ0) is 38.1. The minimum Gasteiger partial charge on any atom is -0.487 e. The first-order valence-electron chi connectivity index (χ1n) is 17.4. The number of nitrogens with zero attached hydrogens (tertiary/aromatic N) is 7. The van der Waals surface area contributed by atoms with Crippen LogP contribution in [0.2, 0.25) is 0 Å². The first-order chi connectivity index (χ1) is 26.8. The van der Waals surface area contributed by atoms with Gasteiger partial charge in [-0.3, -0.25) is 24.9 Å². The fourth-order valence-corrected chi connectivity index (χ4v) is 6.66. The molecule has 55 heavy (non-hydrogen) atoms. The van der Waals surface area contributed by atoms with Crippen molar-refractivity contribution in [1.82, 2.24) is 30.6 Å². The van der Waals surface area contributed by atoms with Crippen molar-refractivity contribution in [3.8, 4) is 5.75 Å². The summed E-state index contributed by atoms with van der Waals surface area (Å²) in [7, 11) is 2.05. The molecule has 278 valence electrons. The molecule has 0 aliphatic carbocycles. The number of hydrogen-bond acceptors (Lipinski definition) is 10. The van der Waals surface area contributed by atoms with E-state index in [0.717, 1.165) is 45.5 Å². The van der Waals surface area contributed by atoms with Crippen molar-refractivity contribution in [2.24, 2.45) is 7.05 Å². The molecule has 0 bridgehead atoms. The molecule has 0 unspecified atom stereocenters. The van der Waals surface area contributed by atoms with Gasteiger partial charge in [-0.2, -0.15) is 0 Å². The predicted molar refractivity (Wildman–Crippen MR) is 209 cm³/mol. The number of carbonyl (C=O) groups is 2. The molecule has 3 N–H and O–H groups in total. The van der Waals surface area contributed by atoms with Crippen LogP contribution in [-0.2, 0) is 31.5 Å². The van der Waals surface area contributed by atoms with Crippen LogP contribution in [0.5, 0.6) is 5.75 Å². The summed E-state index contributed by atoms with van der Waals surface area (Å²) in [6.45, 7) is 1.84. The van der Waals surface area contributed by atoms with Gasteiger partial charge in [-0.1, -0.05) is 47.7 Å². The number of hydrogen-bond donors (Lipinski definition) is 3. The number of allylic oxidation sites excluding steroid dienone is 2. The van der Waals surface area contributed by atoms with Crippen molar-refractivity contribution in [2.75, 3.05) is 23.3 Å². The number of amides is 3. The second-order valence-corrected chi connectivity index (χ2v) is 13.6. The Balaban J connectivity index is 0.832. The minimum atomic E-state index is -0.564. The highest BCUT2D eigenvalue weighted by Crippen LogP contribution is 2.34. The number of anilines is 2. The summed E-state index contributed by atoms with van der Waals surface area (Å²) in [5.41, 5.74) is 7.07. The molecule has 0 atom stereocenters. The first kappa shape index (κ1) is 36.4. The van der Waals surface area contributed by atoms with Crippen molar-refractivity contribution in [1.29, 1.82) is 0 Å². The maximum Gasteiger partial charge on any atom is 0.345 e. The highest BCUT2D eigenvalue weighted by atomic mass is 32.1. The molecule has 3 amide bonds. The lowest BCUT2D eigenvalue weighted by Gasteiger charge is -2.27. The van der Waals surface area contributed by atoms with E-state index < -0.39 is 11.0 Å². The fraction of sp³-hybridized carbons (Fsp3) is 0.179. The summed E-state index contributed by atoms with van der Waals surface area (Å²) in [5, 5.41) is 28.4. The number of fused-ring (bicyclic) bond motifs is 2. The van der Waals surface area contributed by atoms with Gasteiger partial charge in [-0.15, -0.1) is 5.10 Å². The third-order valence-electron chi connectivity index (χ3n) is 8.83. The van der Waals surface area contributed by atoms with E-state index in [0.29, 0.717) is 37.5 Å². The van der Waals surface area contributed by atoms with E-state index in [1.807, 2.05) is 30.5 Å². The van der Waals surface area contributed by atoms with Gasteiger partial charge in [0.2, 0.25) is 11.4 Å². The van der Waals surface area contributed by atoms with Crippen molar-refractivity contribution in [3.63, 3.8) is 0 Å². The van der Waals surface area contributed by atoms with E-state index in [4.69, 9.17) is 4.74 Å². The van der Waals surface area contributed by atoms with Gasteiger partial charge in [0.25, 0.3) is 0 Å². The number of rotatable bonds is 14. The molecule has 0 fully saturated rings. The molecule has 0 spiro atoms. The van der Waals surface area contributed by atoms with Crippen LogP contribution in [0.4, 0.5) is 20.6 Å². The minimum absolute atomic E-state index is 0.0513. The van der Waals surface area contributed by atoms with Gasteiger partial charge in [0.15, 0.2) is 11.3 Å². The van der Waals surface area contributed by atoms with Crippen LogP contribution >= 0.6 is 11.3 Å². The van der Waals surface area contributed by atoms with Crippen LogP contribution in [-0.4, -0.2) is 49.9 Å². The topological polar surface area (TPSA) is 173 Å². The van der Waals surface area contributed by atoms with Crippen molar-refractivity contribution in [3.05, 3.63) is 142 Å². The Morgan fingerprint density at radius 3 is 2.67 bits per heavy atom. The summed E-state index contributed by atoms with van der Waals surface area (Å²) in [6, 6.07) is 25.4. The van der Waals surface area contributed by atoms with Crippen LogP contribution in [0.15, 0.2) is 110 Å². The number of thiazole rings is 1. The first-order valence-corrected chi connectivity index (χ1v) is 18.3. The Hall–Kier alpha value is -6.94. The zero-order valence-electron chi connectivity index (χ0n) is 29.8. The van der Waals surface area contributed by atoms with Gasteiger partial charge < -0.3 is 20.3 Å². The quantitative estimate of drug-likeness (QED) is 0.0726. The second kappa shape index (κ2) is 16.8. The number of aromatic nitrogens is 5. The summed E-state index contributed by atoms with van der Waals surface area (Å²) >= 11 is 0.776. The number of aryl methyl sites for hydroxylation is 1. The lowest BCUT2D eigenvalue weighted by atomic mass is 9.96. The van der Waals surface area contributed by atoms with Crippen LogP contribution in [0.1, 0.15) is 28.8 Å². The van der Waals surface area contributed by atoms with E-state index >= 15 is 0 Å². The fourth-order valence-electron chi connectivity index (χ4n) is 6.04. The molecule has 15 nitrogen and oxygen atoms in total. The number of nitro groups is 1. The van der Waals surface area contributed by atoms with E-state index in [1.54, 1.807) is 23.0 Å². The Labute approximate surface area is 319 Å². The van der Waals surface area contributed by atoms with Crippen LogP contribution in [0.3, 0.4) is 0 Å². The molecule has 3 aromatic carbocycles. The van der Waals surface area contributed by atoms with Gasteiger partial charge >= 0.3 is 11.0 Å². The average Bonchev–Trinajstić information content (AvgIpc) is 3.87. The van der Waals surface area contributed by atoms with Gasteiger partial charge in [0.1, 0.15) is 31.3 Å². The highest BCUT2D eigenvalue weighted by molar-refractivity contribution is 7.18. The molecular weight excluding hydrogens is 721 g/mol. The largest absolute Gasteiger partial charge is 0.487 e. The molecule has 0 saturated heterocycles. The summed E-state index contributed by atoms with van der Waals surface area (Å²) in [6.07, 6.45) is 11.7. The molecule has 1 aliphatic heterocycles. The summed E-state index contributed by atoms with van der Waals surface area (Å²) in [4.78, 5) is 41.1. The second-order valence-electron chi connectivity index (χ2n) is 12.6. The molecule has 16 heteroatoms. The van der Waals surface area contributed by atoms with Gasteiger partial charge in [-0.05, 0) is 64.5 Å². The van der Waals surface area contributed by atoms with E-state index in [2.05, 4.69) is 109 Å². The number of para-hydroxylation sites is 2. The Bertz CT molecular complexity index is 2410. The van der Waals surface area contributed by atoms with Gasteiger partial charge in [0, 0.05) is 55.6 Å². The maximum absolute atomic E-state index is 12.8. The number of urea groups is 1. The number of nitrogens with one attached hydrogen (secondary N) is 3. The molecule has 4 heterocycles. The normalized spacial score (nSPS) is 12.7. The SMILES string of the molecule is C[n+]1ccc(/C=C2/C=CN(CCC(=O)NCCn3cc(COc4ccc(CNC(=O)Nc5ncc([N+](=O)[O-])s5)cc4)nn3)c3ccccc32)c2ccccc21. The van der Waals surface area contributed by atoms with Crippen LogP contribution in [0.25, 0.3) is 22.6 Å². The molecule has 1 aliphatic rings. The Kier molecular flexibility index (Phi) is 11.1. The number of benzene rings is 3. The predicted octanol–water partition coefficient (Wildman–Crippen LogP) is 5.60. The van der Waals surface area contributed by atoms with Crippen LogP contribution < -0.4 is 30.2 Å². The lowest BCUT2D eigenvalue weighted by Crippen LogP contribution is -2.31. The monoisotopic (exact) mass is 757 g/mol. The molecule has 6 aromatic rings. The van der Waals surface area contributed by atoms with Crippen molar-refractivity contribution < 1.29 is 23.8 Å². The van der Waals surface area contributed by atoms with Gasteiger partial charge in [0.05, 0.1) is 23.1 Å². The summed E-state index contributed by atoms with van der Waals surface area (Å²) in [5.74, 6) is 0.562. The molecule has 7 rings (SSSR count). The molecule has 0 saturated carbocycles. The number of ether oxygens (including phenoxy) is 1. The third-order valence-corrected chi connectivity index (χ3v) is 9.69. The van der Waals surface area contributed by atoms with E-state index in [-0.39, 0.29) is 29.2 Å². The highest BCUT2D eigenvalue weighted by Gasteiger charge is 2.18. The Morgan fingerprint density at radius 2 is 1.84 bits per heavy atom. The average molecular weight is 758 g/mol. The third kappa shape index (κ3) is 9.17. The van der Waals surface area contributed by atoms with Crippen molar-refractivity contribution in [2.45, 2.75) is 26.1 Å². The summed E-state index contributed by atoms with van der Waals surface area (Å²) < 4.78 is 9.63. The van der Waals surface area contributed by atoms with Gasteiger partial charge in [-0.25, -0.2) is 14.3 Å². The smallest absolute Gasteiger partial charge is 0.345 e. The molecule has 0 radical (unpaired) electrons. The maximum atomic E-state index is 12.8. The van der Waals surface area contributed by atoms with E-state index in [1.165, 1.54) is 10.9 Å². The molecule has 3 aromatic heterocycles. The molecular formula is C39H37N10O5S+.